The fourth-order valence-corrected chi connectivity index (χ4v) is 2.85. The molecule has 1 atom stereocenters. The highest BCUT2D eigenvalue weighted by molar-refractivity contribution is 5.78. The molecular formula is C14H26N2O4. The second-order valence-electron chi connectivity index (χ2n) is 5.54. The summed E-state index contributed by atoms with van der Waals surface area (Å²) in [6.45, 7) is 5.04. The Bertz CT molecular complexity index is 340. The first-order chi connectivity index (χ1) is 9.46. The molecule has 116 valence electrons. The summed E-state index contributed by atoms with van der Waals surface area (Å²) < 4.78 is 5.06. The molecule has 0 aromatic carbocycles. The van der Waals surface area contributed by atoms with Crippen LogP contribution in [0.2, 0.25) is 0 Å². The van der Waals surface area contributed by atoms with E-state index in [2.05, 4.69) is 5.32 Å². The number of rotatable bonds is 7. The molecule has 1 aliphatic rings. The van der Waals surface area contributed by atoms with E-state index >= 15 is 0 Å². The number of ether oxygens (including phenoxy) is 1. The normalized spacial score (nSPS) is 18.6. The summed E-state index contributed by atoms with van der Waals surface area (Å²) in [5, 5.41) is 12.2. The van der Waals surface area contributed by atoms with E-state index in [4.69, 9.17) is 4.74 Å². The van der Waals surface area contributed by atoms with Crippen LogP contribution in [0.25, 0.3) is 0 Å². The van der Waals surface area contributed by atoms with Crippen molar-refractivity contribution in [3.8, 4) is 0 Å². The second kappa shape index (κ2) is 7.47. The van der Waals surface area contributed by atoms with Crippen molar-refractivity contribution in [1.82, 2.24) is 10.2 Å². The van der Waals surface area contributed by atoms with Gasteiger partial charge in [-0.15, -0.1) is 0 Å². The highest BCUT2D eigenvalue weighted by Crippen LogP contribution is 2.37. The number of nitrogens with zero attached hydrogens (tertiary/aromatic N) is 1. The lowest BCUT2D eigenvalue weighted by atomic mass is 9.86. The van der Waals surface area contributed by atoms with Gasteiger partial charge >= 0.3 is 12.0 Å². The first-order valence-electron chi connectivity index (χ1n) is 7.23. The fourth-order valence-electron chi connectivity index (χ4n) is 2.85. The van der Waals surface area contributed by atoms with Crippen LogP contribution in [0.3, 0.4) is 0 Å². The summed E-state index contributed by atoms with van der Waals surface area (Å²) in [4.78, 5) is 25.3. The molecule has 6 heteroatoms. The number of aliphatic carboxylic acids is 1. The topological polar surface area (TPSA) is 78.9 Å². The molecular weight excluding hydrogens is 260 g/mol. The van der Waals surface area contributed by atoms with Crippen molar-refractivity contribution in [2.45, 2.75) is 45.6 Å². The number of likely N-dealkylation sites (N-methyl/N-ethyl adjacent to an activating group) is 1. The average molecular weight is 286 g/mol. The molecule has 0 heterocycles. The molecule has 0 saturated heterocycles. The van der Waals surface area contributed by atoms with Gasteiger partial charge in [0.25, 0.3) is 0 Å². The molecule has 2 amide bonds. The quantitative estimate of drug-likeness (QED) is 0.746. The number of urea groups is 1. The fraction of sp³-hybridized carbons (Fsp3) is 0.857. The van der Waals surface area contributed by atoms with Crippen molar-refractivity contribution >= 4 is 12.0 Å². The van der Waals surface area contributed by atoms with Crippen molar-refractivity contribution in [2.24, 2.45) is 5.41 Å². The molecule has 20 heavy (non-hydrogen) atoms. The highest BCUT2D eigenvalue weighted by atomic mass is 16.5. The minimum absolute atomic E-state index is 0.0330. The van der Waals surface area contributed by atoms with E-state index in [0.29, 0.717) is 26.0 Å². The zero-order valence-electron chi connectivity index (χ0n) is 12.6. The number of carboxylic acid groups (broad SMARTS) is 1. The van der Waals surface area contributed by atoms with Crippen LogP contribution < -0.4 is 5.32 Å². The molecule has 2 N–H and O–H groups in total. The van der Waals surface area contributed by atoms with Crippen LogP contribution in [0.1, 0.15) is 39.5 Å². The second-order valence-corrected chi connectivity index (χ2v) is 5.54. The Labute approximate surface area is 120 Å². The average Bonchev–Trinajstić information content (AvgIpc) is 2.87. The van der Waals surface area contributed by atoms with Gasteiger partial charge in [-0.2, -0.15) is 0 Å². The van der Waals surface area contributed by atoms with E-state index in [1.54, 1.807) is 12.0 Å². The molecule has 1 fully saturated rings. The van der Waals surface area contributed by atoms with Gasteiger partial charge in [-0.1, -0.05) is 12.8 Å². The third-order valence-corrected chi connectivity index (χ3v) is 4.13. The Kier molecular flexibility index (Phi) is 6.26. The summed E-state index contributed by atoms with van der Waals surface area (Å²) in [5.41, 5.74) is -0.778. The van der Waals surface area contributed by atoms with Gasteiger partial charge in [-0.05, 0) is 26.7 Å². The Balaban J connectivity index is 2.58. The Morgan fingerprint density at radius 2 is 2.00 bits per heavy atom. The van der Waals surface area contributed by atoms with E-state index in [1.165, 1.54) is 0 Å². The molecule has 1 rings (SSSR count). The number of hydrogen-bond donors (Lipinski definition) is 2. The van der Waals surface area contributed by atoms with E-state index < -0.39 is 11.4 Å². The zero-order valence-corrected chi connectivity index (χ0v) is 12.6. The Morgan fingerprint density at radius 3 is 2.45 bits per heavy atom. The first-order valence-corrected chi connectivity index (χ1v) is 7.23. The molecule has 6 nitrogen and oxygen atoms in total. The predicted octanol–water partition coefficient (Wildman–Crippen LogP) is 1.70. The lowest BCUT2D eigenvalue weighted by Gasteiger charge is -2.30. The van der Waals surface area contributed by atoms with Gasteiger partial charge in [-0.25, -0.2) is 4.79 Å². The molecule has 1 aliphatic carbocycles. The minimum Gasteiger partial charge on any atom is -0.481 e. The maximum Gasteiger partial charge on any atom is 0.317 e. The van der Waals surface area contributed by atoms with Crippen LogP contribution in [0.15, 0.2) is 0 Å². The standard InChI is InChI=1S/C14H26N2O4/c1-4-16(11(2)9-20-3)13(19)15-10-14(12(17)18)7-5-6-8-14/h11H,4-10H2,1-3H3,(H,15,19)(H,17,18). The van der Waals surface area contributed by atoms with Crippen LogP contribution in [0.4, 0.5) is 4.79 Å². The Hall–Kier alpha value is -1.30. The number of nitrogens with one attached hydrogen (secondary N) is 1. The lowest BCUT2D eigenvalue weighted by Crippen LogP contribution is -2.50. The van der Waals surface area contributed by atoms with E-state index in [0.717, 1.165) is 12.8 Å². The van der Waals surface area contributed by atoms with E-state index in [-0.39, 0.29) is 18.6 Å². The van der Waals surface area contributed by atoms with Crippen molar-refractivity contribution in [1.29, 1.82) is 0 Å². The molecule has 0 aromatic rings. The van der Waals surface area contributed by atoms with Crippen LogP contribution in [-0.4, -0.2) is 54.9 Å². The molecule has 0 aliphatic heterocycles. The van der Waals surface area contributed by atoms with E-state index in [1.807, 2.05) is 13.8 Å². The number of carboxylic acids is 1. The van der Waals surface area contributed by atoms with Crippen LogP contribution >= 0.6 is 0 Å². The van der Waals surface area contributed by atoms with Crippen molar-refractivity contribution in [3.63, 3.8) is 0 Å². The summed E-state index contributed by atoms with van der Waals surface area (Å²) in [6, 6.07) is -0.251. The summed E-state index contributed by atoms with van der Waals surface area (Å²) in [6.07, 6.45) is 3.12. The zero-order chi connectivity index (χ0) is 15.2. The summed E-state index contributed by atoms with van der Waals surface area (Å²) >= 11 is 0. The molecule has 1 saturated carbocycles. The maximum atomic E-state index is 12.2. The van der Waals surface area contributed by atoms with Crippen molar-refractivity contribution in [3.05, 3.63) is 0 Å². The molecule has 1 unspecified atom stereocenters. The lowest BCUT2D eigenvalue weighted by molar-refractivity contribution is -0.148. The van der Waals surface area contributed by atoms with Gasteiger partial charge in [0.1, 0.15) is 0 Å². The van der Waals surface area contributed by atoms with Gasteiger partial charge in [0.15, 0.2) is 0 Å². The van der Waals surface area contributed by atoms with Gasteiger partial charge in [0.2, 0.25) is 0 Å². The smallest absolute Gasteiger partial charge is 0.317 e. The highest BCUT2D eigenvalue weighted by Gasteiger charge is 2.41. The van der Waals surface area contributed by atoms with Gasteiger partial charge in [0.05, 0.1) is 18.1 Å². The number of methoxy groups -OCH3 is 1. The largest absolute Gasteiger partial charge is 0.481 e. The van der Waals surface area contributed by atoms with E-state index in [9.17, 15) is 14.7 Å². The van der Waals surface area contributed by atoms with Crippen LogP contribution in [-0.2, 0) is 9.53 Å². The third-order valence-electron chi connectivity index (χ3n) is 4.13. The van der Waals surface area contributed by atoms with Gasteiger partial charge < -0.3 is 20.1 Å². The molecule has 0 spiro atoms. The predicted molar refractivity (Wildman–Crippen MR) is 75.7 cm³/mol. The number of carbonyl (C=O) groups excluding carboxylic acids is 1. The SMILES string of the molecule is CCN(C(=O)NCC1(C(=O)O)CCCC1)C(C)COC. The van der Waals surface area contributed by atoms with Crippen LogP contribution in [0.5, 0.6) is 0 Å². The third kappa shape index (κ3) is 3.85. The van der Waals surface area contributed by atoms with Crippen LogP contribution in [0, 0.1) is 5.41 Å². The Morgan fingerprint density at radius 1 is 1.40 bits per heavy atom. The number of amides is 2. The first kappa shape index (κ1) is 16.8. The van der Waals surface area contributed by atoms with Crippen molar-refractivity contribution < 1.29 is 19.4 Å². The number of carbonyl (C=O) groups is 2. The minimum atomic E-state index is -0.803. The monoisotopic (exact) mass is 286 g/mol. The number of hydrogen-bond acceptors (Lipinski definition) is 3. The van der Waals surface area contributed by atoms with Gasteiger partial charge in [0, 0.05) is 20.2 Å². The van der Waals surface area contributed by atoms with Crippen molar-refractivity contribution in [2.75, 3.05) is 26.8 Å². The summed E-state index contributed by atoms with van der Waals surface area (Å²) in [7, 11) is 1.60. The molecule has 0 aromatic heterocycles. The van der Waals surface area contributed by atoms with Gasteiger partial charge in [-0.3, -0.25) is 4.79 Å². The summed E-state index contributed by atoms with van der Waals surface area (Å²) in [5.74, 6) is -0.803. The maximum absolute atomic E-state index is 12.2. The molecule has 0 radical (unpaired) electrons. The molecule has 0 bridgehead atoms.